The summed E-state index contributed by atoms with van der Waals surface area (Å²) in [6.45, 7) is 2.52. The van der Waals surface area contributed by atoms with Crippen LogP contribution in [0.2, 0.25) is 0 Å². The Morgan fingerprint density at radius 3 is 1.43 bits per heavy atom. The Hall–Kier alpha value is -3.21. The molecule has 4 rings (SSSR count). The Bertz CT molecular complexity index is 1080. The van der Waals surface area contributed by atoms with Gasteiger partial charge in [0.1, 0.15) is 5.75 Å². The van der Waals surface area contributed by atoms with Crippen molar-refractivity contribution in [2.24, 2.45) is 0 Å². The highest BCUT2D eigenvalue weighted by Gasteiger charge is 2.09. The van der Waals surface area contributed by atoms with Crippen LogP contribution in [0.4, 0.5) is 0 Å². The lowest BCUT2D eigenvalue weighted by Gasteiger charge is -2.02. The minimum absolute atomic E-state index is 0. The van der Waals surface area contributed by atoms with Gasteiger partial charge in [0.25, 0.3) is 6.47 Å². The van der Waals surface area contributed by atoms with E-state index in [1.165, 1.54) is 5.56 Å². The summed E-state index contributed by atoms with van der Waals surface area (Å²) in [4.78, 5) is 10.4. The van der Waals surface area contributed by atoms with Gasteiger partial charge in [0.2, 0.25) is 11.4 Å². The lowest BCUT2D eigenvalue weighted by molar-refractivity contribution is -0.596. The first-order valence-corrected chi connectivity index (χ1v) is 9.04. The summed E-state index contributed by atoms with van der Waals surface area (Å²) in [6.07, 6.45) is 8.19. The summed E-state index contributed by atoms with van der Waals surface area (Å²) >= 11 is 0. The van der Waals surface area contributed by atoms with E-state index < -0.39 is 0 Å². The largest absolute Gasteiger partial charge is 1.00 e. The summed E-state index contributed by atoms with van der Waals surface area (Å²) < 4.78 is 8.95. The van der Waals surface area contributed by atoms with Gasteiger partial charge in [-0.3, -0.25) is 4.79 Å². The van der Waals surface area contributed by atoms with E-state index in [9.17, 15) is 4.79 Å². The number of hydrogen-bond acceptors (Lipinski definition) is 2. The van der Waals surface area contributed by atoms with Gasteiger partial charge in [-0.15, -0.1) is 0 Å². The van der Waals surface area contributed by atoms with E-state index in [1.54, 1.807) is 12.1 Å². The van der Waals surface area contributed by atoms with Crippen molar-refractivity contribution in [1.29, 1.82) is 0 Å². The van der Waals surface area contributed by atoms with Gasteiger partial charge >= 0.3 is 0 Å². The molecule has 6 heteroatoms. The molecule has 0 radical (unpaired) electrons. The number of carbonyl (C=O) groups is 1. The molecule has 0 fully saturated rings. The first kappa shape index (κ1) is 23.1. The number of aryl methyl sites for hydroxylation is 1. The minimum atomic E-state index is 0. The van der Waals surface area contributed by atoms with Crippen LogP contribution in [0.5, 0.6) is 5.75 Å². The molecule has 4 nitrogen and oxygen atoms in total. The maximum atomic E-state index is 10.4. The molecule has 2 aromatic carbocycles. The third-order valence-electron chi connectivity index (χ3n) is 4.64. The molecular weight excluding hydrogens is 419 g/mol. The number of carbonyl (C=O) groups excluding carboxylic acids is 1. The molecule has 0 bridgehead atoms. The Kier molecular flexibility index (Phi) is 8.10. The number of nitrogens with zero attached hydrogens (tertiary/aromatic N) is 2. The number of pyridine rings is 2. The summed E-state index contributed by atoms with van der Waals surface area (Å²) in [7, 11) is 0. The van der Waals surface area contributed by atoms with Crippen LogP contribution in [0, 0.1) is 6.92 Å². The van der Waals surface area contributed by atoms with Gasteiger partial charge in [-0.2, -0.15) is 9.13 Å². The number of rotatable bonds is 5. The fourth-order valence-electron chi connectivity index (χ4n) is 3.05. The number of hydrogen-bond donors (Lipinski definition) is 0. The minimum Gasteiger partial charge on any atom is -1.00 e. The Morgan fingerprint density at radius 1 is 0.633 bits per heavy atom. The molecular formula is C24H20Cl2N2O2. The highest BCUT2D eigenvalue weighted by Crippen LogP contribution is 2.17. The van der Waals surface area contributed by atoms with Gasteiger partial charge in [0.05, 0.1) is 0 Å². The molecule has 0 aliphatic rings. The van der Waals surface area contributed by atoms with Crippen molar-refractivity contribution < 1.29 is 43.5 Å². The molecule has 0 atom stereocenters. The Labute approximate surface area is 188 Å². The first-order valence-electron chi connectivity index (χ1n) is 9.04. The molecule has 0 saturated carbocycles. The highest BCUT2D eigenvalue weighted by molar-refractivity contribution is 5.61. The van der Waals surface area contributed by atoms with E-state index in [2.05, 4.69) is 72.4 Å². The molecule has 2 heterocycles. The van der Waals surface area contributed by atoms with Crippen LogP contribution in [0.25, 0.3) is 22.5 Å². The van der Waals surface area contributed by atoms with Gasteiger partial charge < -0.3 is 29.6 Å². The standard InChI is InChI=1S/C24H20N2O2.2ClH/c1-19-2-4-22(5-3-19)25-14-10-20(11-15-25)21-12-16-26(17-13-21)23-6-8-24(9-7-23)28-18-27;;/h2-18H,1H3;2*1H/q+2;;/p-2. The fourth-order valence-corrected chi connectivity index (χ4v) is 3.05. The topological polar surface area (TPSA) is 34.1 Å². The zero-order valence-electron chi connectivity index (χ0n) is 16.3. The summed E-state index contributed by atoms with van der Waals surface area (Å²) in [5.41, 5.74) is 5.70. The average Bonchev–Trinajstić information content (AvgIpc) is 2.75. The predicted molar refractivity (Wildman–Crippen MR) is 106 cm³/mol. The molecule has 0 spiro atoms. The van der Waals surface area contributed by atoms with E-state index >= 15 is 0 Å². The van der Waals surface area contributed by atoms with Crippen molar-refractivity contribution in [1.82, 2.24) is 0 Å². The van der Waals surface area contributed by atoms with Crippen molar-refractivity contribution in [3.05, 3.63) is 103 Å². The van der Waals surface area contributed by atoms with E-state index in [-0.39, 0.29) is 24.8 Å². The second-order valence-electron chi connectivity index (χ2n) is 6.53. The van der Waals surface area contributed by atoms with Crippen molar-refractivity contribution in [2.75, 3.05) is 0 Å². The summed E-state index contributed by atoms with van der Waals surface area (Å²) in [5, 5.41) is 0. The molecule has 0 aliphatic carbocycles. The lowest BCUT2D eigenvalue weighted by atomic mass is 10.1. The molecule has 0 unspecified atom stereocenters. The Morgan fingerprint density at radius 2 is 1.03 bits per heavy atom. The average molecular weight is 439 g/mol. The quantitative estimate of drug-likeness (QED) is 0.261. The monoisotopic (exact) mass is 438 g/mol. The van der Waals surface area contributed by atoms with E-state index in [4.69, 9.17) is 4.74 Å². The molecule has 2 aromatic heterocycles. The number of aromatic nitrogens is 2. The second kappa shape index (κ2) is 10.5. The molecule has 0 amide bonds. The number of benzene rings is 2. The van der Waals surface area contributed by atoms with Gasteiger partial charge in [-0.1, -0.05) is 17.7 Å². The molecule has 0 N–H and O–H groups in total. The molecule has 0 saturated heterocycles. The first-order chi connectivity index (χ1) is 13.7. The summed E-state index contributed by atoms with van der Waals surface area (Å²) in [5.74, 6) is 0.530. The van der Waals surface area contributed by atoms with Crippen LogP contribution < -0.4 is 38.7 Å². The second-order valence-corrected chi connectivity index (χ2v) is 6.53. The number of ether oxygens (including phenoxy) is 1. The van der Waals surface area contributed by atoms with Crippen LogP contribution in [-0.2, 0) is 4.79 Å². The predicted octanol–water partition coefficient (Wildman–Crippen LogP) is -2.24. The van der Waals surface area contributed by atoms with Crippen molar-refractivity contribution in [3.63, 3.8) is 0 Å². The fraction of sp³-hybridized carbons (Fsp3) is 0.0417. The Balaban J connectivity index is 0.00000160. The zero-order valence-corrected chi connectivity index (χ0v) is 17.8. The van der Waals surface area contributed by atoms with Crippen LogP contribution in [-0.4, -0.2) is 6.47 Å². The van der Waals surface area contributed by atoms with E-state index in [1.807, 2.05) is 29.1 Å². The van der Waals surface area contributed by atoms with Crippen molar-refractivity contribution in [3.8, 4) is 28.3 Å². The van der Waals surface area contributed by atoms with Gasteiger partial charge in [-0.25, -0.2) is 0 Å². The molecule has 0 aliphatic heterocycles. The van der Waals surface area contributed by atoms with Crippen LogP contribution >= 0.6 is 0 Å². The molecule has 30 heavy (non-hydrogen) atoms. The van der Waals surface area contributed by atoms with Gasteiger partial charge in [0.15, 0.2) is 24.8 Å². The van der Waals surface area contributed by atoms with Crippen LogP contribution in [0.15, 0.2) is 97.6 Å². The summed E-state index contributed by atoms with van der Waals surface area (Å²) in [6, 6.07) is 24.2. The smallest absolute Gasteiger partial charge is 0.298 e. The molecule has 152 valence electrons. The van der Waals surface area contributed by atoms with Crippen molar-refractivity contribution in [2.45, 2.75) is 6.92 Å². The van der Waals surface area contributed by atoms with Gasteiger partial charge in [-0.05, 0) is 30.2 Å². The molecule has 4 aromatic rings. The van der Waals surface area contributed by atoms with Crippen LogP contribution in [0.3, 0.4) is 0 Å². The third-order valence-corrected chi connectivity index (χ3v) is 4.64. The maximum Gasteiger partial charge on any atom is 0.298 e. The van der Waals surface area contributed by atoms with E-state index in [0.717, 1.165) is 22.5 Å². The number of halogens is 2. The lowest BCUT2D eigenvalue weighted by Crippen LogP contribution is -3.00. The van der Waals surface area contributed by atoms with Crippen molar-refractivity contribution >= 4 is 6.47 Å². The third kappa shape index (κ3) is 5.23. The maximum absolute atomic E-state index is 10.4. The van der Waals surface area contributed by atoms with Gasteiger partial charge in [0, 0.05) is 48.5 Å². The van der Waals surface area contributed by atoms with E-state index in [0.29, 0.717) is 12.2 Å². The SMILES string of the molecule is Cc1ccc(-[n+]2ccc(-c3cc[n+](-c4ccc(OC=O)cc4)cc3)cc2)cc1.[Cl-].[Cl-]. The highest BCUT2D eigenvalue weighted by atomic mass is 35.5. The van der Waals surface area contributed by atoms with Crippen LogP contribution in [0.1, 0.15) is 5.56 Å². The normalized spacial score (nSPS) is 9.77. The zero-order chi connectivity index (χ0) is 19.3.